The minimum atomic E-state index is -0.363. The highest BCUT2D eigenvalue weighted by Gasteiger charge is 1.65. The van der Waals surface area contributed by atoms with E-state index in [-0.39, 0.29) is 16.3 Å². The standard InChI is InChI=1S/CH2INO.ClH/c2-1(3)4;/h(H2,3,4);1H. The van der Waals surface area contributed by atoms with Gasteiger partial charge in [0.05, 0.1) is 0 Å². The van der Waals surface area contributed by atoms with Gasteiger partial charge in [0.2, 0.25) is 0 Å². The molecule has 0 aliphatic rings. The molecular formula is CH3ClINO. The minimum Gasteiger partial charge on any atom is -0.361 e. The van der Waals surface area contributed by atoms with Crippen molar-refractivity contribution in [3.05, 3.63) is 0 Å². The van der Waals surface area contributed by atoms with Crippen molar-refractivity contribution in [2.75, 3.05) is 0 Å². The van der Waals surface area contributed by atoms with E-state index in [1.165, 1.54) is 22.6 Å². The van der Waals surface area contributed by atoms with Crippen LogP contribution in [0.4, 0.5) is 4.79 Å². The van der Waals surface area contributed by atoms with Crippen LogP contribution in [0.5, 0.6) is 0 Å². The Morgan fingerprint density at radius 3 is 1.80 bits per heavy atom. The van der Waals surface area contributed by atoms with Crippen molar-refractivity contribution >= 4 is 38.9 Å². The zero-order valence-corrected chi connectivity index (χ0v) is 5.25. The van der Waals surface area contributed by atoms with Gasteiger partial charge in [-0.25, -0.2) is 0 Å². The lowest BCUT2D eigenvalue weighted by Crippen LogP contribution is -1.93. The zero-order valence-electron chi connectivity index (χ0n) is 2.27. The summed E-state index contributed by atoms with van der Waals surface area (Å²) in [4.78, 5) is 9.21. The van der Waals surface area contributed by atoms with Gasteiger partial charge in [-0.15, -0.1) is 12.4 Å². The number of amides is 1. The van der Waals surface area contributed by atoms with Gasteiger partial charge >= 0.3 is 0 Å². The molecule has 0 atom stereocenters. The summed E-state index contributed by atoms with van der Waals surface area (Å²) in [5.41, 5.74) is 4.46. The first kappa shape index (κ1) is 9.09. The van der Waals surface area contributed by atoms with E-state index in [4.69, 9.17) is 0 Å². The lowest BCUT2D eigenvalue weighted by atomic mass is 11.5. The minimum absolute atomic E-state index is 0. The number of hydrogen-bond donors (Lipinski definition) is 1. The number of nitrogens with two attached hydrogens (primary N) is 1. The van der Waals surface area contributed by atoms with Gasteiger partial charge in [-0.05, 0) is 0 Å². The van der Waals surface area contributed by atoms with Crippen molar-refractivity contribution in [2.45, 2.75) is 0 Å². The fourth-order valence-corrected chi connectivity index (χ4v) is 0. The molecule has 5 heavy (non-hydrogen) atoms. The maximum atomic E-state index is 9.21. The van der Waals surface area contributed by atoms with E-state index in [1.807, 2.05) is 0 Å². The van der Waals surface area contributed by atoms with Gasteiger partial charge in [-0.3, -0.25) is 4.79 Å². The molecule has 0 rings (SSSR count). The Bertz CT molecular complexity index is 34.6. The van der Waals surface area contributed by atoms with E-state index in [0.29, 0.717) is 0 Å². The van der Waals surface area contributed by atoms with Crippen LogP contribution >= 0.6 is 35.0 Å². The number of rotatable bonds is 0. The molecule has 2 N–H and O–H groups in total. The van der Waals surface area contributed by atoms with Gasteiger partial charge in [0.15, 0.2) is 0 Å². The van der Waals surface area contributed by atoms with Crippen LogP contribution in [0.2, 0.25) is 0 Å². The molecule has 0 unspecified atom stereocenters. The fourth-order valence-electron chi connectivity index (χ4n) is 0. The molecule has 0 saturated heterocycles. The predicted molar refractivity (Wildman–Crippen MR) is 30.9 cm³/mol. The third-order valence-corrected chi connectivity index (χ3v) is 0. The predicted octanol–water partition coefficient (Wildman–Crippen LogP) is 0.922. The number of primary amides is 1. The van der Waals surface area contributed by atoms with Crippen molar-refractivity contribution < 1.29 is 4.79 Å². The van der Waals surface area contributed by atoms with Crippen LogP contribution in [-0.4, -0.2) is 3.91 Å². The Morgan fingerprint density at radius 1 is 1.80 bits per heavy atom. The first-order valence-electron chi connectivity index (χ1n) is 0.682. The molecule has 0 bridgehead atoms. The van der Waals surface area contributed by atoms with E-state index in [0.717, 1.165) is 0 Å². The molecule has 32 valence electrons. The molecule has 0 aromatic rings. The number of carbonyl (C=O) groups is 1. The molecule has 0 radical (unpaired) electrons. The first-order chi connectivity index (χ1) is 1.73. The highest BCUT2D eigenvalue weighted by Crippen LogP contribution is 1.71. The largest absolute Gasteiger partial charge is 0.361 e. The summed E-state index contributed by atoms with van der Waals surface area (Å²) >= 11 is 1.48. The van der Waals surface area contributed by atoms with Crippen LogP contribution in [0.25, 0.3) is 0 Å². The second kappa shape index (κ2) is 4.49. The summed E-state index contributed by atoms with van der Waals surface area (Å²) in [6, 6.07) is 0. The monoisotopic (exact) mass is 207 g/mol. The molecule has 0 heterocycles. The van der Waals surface area contributed by atoms with Crippen LogP contribution in [-0.2, 0) is 0 Å². The molecule has 0 aliphatic heterocycles. The molecule has 0 aromatic carbocycles. The summed E-state index contributed by atoms with van der Waals surface area (Å²) in [5.74, 6) is 0. The van der Waals surface area contributed by atoms with Gasteiger partial charge in [-0.1, -0.05) is 0 Å². The summed E-state index contributed by atoms with van der Waals surface area (Å²) < 4.78 is -0.363. The van der Waals surface area contributed by atoms with Crippen LogP contribution in [0.15, 0.2) is 0 Å². The van der Waals surface area contributed by atoms with E-state index in [9.17, 15) is 4.79 Å². The fraction of sp³-hybridized carbons (Fsp3) is 0. The second-order valence-electron chi connectivity index (χ2n) is 0.304. The normalized spacial score (nSPS) is 5.00. The molecule has 2 nitrogen and oxygen atoms in total. The van der Waals surface area contributed by atoms with Gasteiger partial charge < -0.3 is 5.73 Å². The van der Waals surface area contributed by atoms with Gasteiger partial charge in [0, 0.05) is 22.6 Å². The third kappa shape index (κ3) is 116. The summed E-state index contributed by atoms with van der Waals surface area (Å²) in [7, 11) is 0. The van der Waals surface area contributed by atoms with Crippen molar-refractivity contribution in [3.63, 3.8) is 0 Å². The lowest BCUT2D eigenvalue weighted by molar-refractivity contribution is 0.269. The zero-order chi connectivity index (χ0) is 3.58. The molecule has 1 amide bonds. The molecule has 0 saturated carbocycles. The topological polar surface area (TPSA) is 43.1 Å². The maximum absolute atomic E-state index is 9.21. The van der Waals surface area contributed by atoms with E-state index >= 15 is 0 Å². The first-order valence-corrected chi connectivity index (χ1v) is 1.76. The smallest absolute Gasteiger partial charge is 0.278 e. The quantitative estimate of drug-likeness (QED) is 0.358. The molecule has 0 fully saturated rings. The van der Waals surface area contributed by atoms with Crippen LogP contribution < -0.4 is 5.73 Å². The van der Waals surface area contributed by atoms with Crippen molar-refractivity contribution in [1.29, 1.82) is 0 Å². The van der Waals surface area contributed by atoms with Crippen molar-refractivity contribution in [3.8, 4) is 0 Å². The van der Waals surface area contributed by atoms with E-state index in [2.05, 4.69) is 5.73 Å². The summed E-state index contributed by atoms with van der Waals surface area (Å²) in [6.07, 6.45) is 0. The third-order valence-electron chi connectivity index (χ3n) is 0. The number of halogens is 2. The lowest BCUT2D eigenvalue weighted by Gasteiger charge is -1.56. The van der Waals surface area contributed by atoms with Gasteiger partial charge in [0.1, 0.15) is 0 Å². The Balaban J connectivity index is 0. The van der Waals surface area contributed by atoms with Crippen LogP contribution in [0, 0.1) is 0 Å². The second-order valence-corrected chi connectivity index (χ2v) is 1.37. The maximum Gasteiger partial charge on any atom is 0.278 e. The number of carbonyl (C=O) groups excluding carboxylic acids is 1. The average Bonchev–Trinajstić information content (AvgIpc) is 0.811. The van der Waals surface area contributed by atoms with E-state index in [1.54, 1.807) is 0 Å². The Labute approximate surface area is 49.7 Å². The SMILES string of the molecule is Cl.NC(=O)I. The van der Waals surface area contributed by atoms with Gasteiger partial charge in [-0.2, -0.15) is 0 Å². The molecule has 0 aliphatic carbocycles. The highest BCUT2D eigenvalue weighted by atomic mass is 127. The summed E-state index contributed by atoms with van der Waals surface area (Å²) in [5, 5.41) is 0. The molecule has 0 spiro atoms. The Morgan fingerprint density at radius 2 is 1.80 bits per heavy atom. The average molecular weight is 207 g/mol. The molecular weight excluding hydrogens is 204 g/mol. The van der Waals surface area contributed by atoms with Crippen molar-refractivity contribution in [2.24, 2.45) is 5.73 Å². The Hall–Kier alpha value is 0.490. The van der Waals surface area contributed by atoms with Crippen LogP contribution in [0.1, 0.15) is 0 Å². The van der Waals surface area contributed by atoms with E-state index < -0.39 is 0 Å². The molecule has 4 heteroatoms. The summed E-state index contributed by atoms with van der Waals surface area (Å²) in [6.45, 7) is 0. The van der Waals surface area contributed by atoms with Crippen LogP contribution in [0.3, 0.4) is 0 Å². The molecule has 0 aromatic heterocycles. The Kier molecular flexibility index (Phi) is 8.16. The van der Waals surface area contributed by atoms with Gasteiger partial charge in [0.25, 0.3) is 3.91 Å². The van der Waals surface area contributed by atoms with Crippen molar-refractivity contribution in [1.82, 2.24) is 0 Å². The number of hydrogen-bond acceptors (Lipinski definition) is 1. The highest BCUT2D eigenvalue weighted by molar-refractivity contribution is 14.1.